The van der Waals surface area contributed by atoms with Crippen LogP contribution in [0.1, 0.15) is 34.6 Å². The quantitative estimate of drug-likeness (QED) is 0.557. The summed E-state index contributed by atoms with van der Waals surface area (Å²) in [6, 6.07) is 0. The van der Waals surface area contributed by atoms with Gasteiger partial charge in [0.15, 0.2) is 0 Å². The summed E-state index contributed by atoms with van der Waals surface area (Å²) in [6.07, 6.45) is 0. The minimum Gasteiger partial charge on any atom is -0.306 e. The van der Waals surface area contributed by atoms with Gasteiger partial charge in [-0.05, 0) is 5.92 Å². The van der Waals surface area contributed by atoms with Gasteiger partial charge in [-0.1, -0.05) is 34.6 Å². The minimum absolute atomic E-state index is 0.177. The lowest BCUT2D eigenvalue weighted by Gasteiger charge is -2.21. The topological polar surface area (TPSA) is 36.1 Å². The third kappa shape index (κ3) is 1.72. The molecule has 0 aromatic carbocycles. The molecule has 0 aromatic rings. The Bertz CT molecular complexity index is 198. The fourth-order valence-electron chi connectivity index (χ4n) is 1.32. The van der Waals surface area contributed by atoms with E-state index in [2.05, 4.69) is 51.0 Å². The smallest absolute Gasteiger partial charge is 0.0539 e. The Hall–Kier alpha value is -0.700. The van der Waals surface area contributed by atoms with Gasteiger partial charge >= 0.3 is 0 Å². The van der Waals surface area contributed by atoms with E-state index in [0.29, 0.717) is 5.92 Å². The van der Waals surface area contributed by atoms with Gasteiger partial charge in [0.2, 0.25) is 0 Å². The molecule has 0 bridgehead atoms. The Kier molecular flexibility index (Phi) is 2.33. The van der Waals surface area contributed by atoms with Gasteiger partial charge in [0.1, 0.15) is 0 Å². The molecule has 70 valence electrons. The highest BCUT2D eigenvalue weighted by Gasteiger charge is 2.26. The van der Waals surface area contributed by atoms with Crippen LogP contribution in [-0.2, 0) is 0 Å². The zero-order chi connectivity index (χ0) is 9.35. The van der Waals surface area contributed by atoms with Gasteiger partial charge < -0.3 is 10.9 Å². The summed E-state index contributed by atoms with van der Waals surface area (Å²) in [5.41, 5.74) is 11.9. The molecule has 3 heteroatoms. The first-order valence-corrected chi connectivity index (χ1v) is 4.44. The molecule has 12 heavy (non-hydrogen) atoms. The van der Waals surface area contributed by atoms with Crippen LogP contribution in [0, 0.1) is 11.3 Å². The van der Waals surface area contributed by atoms with Crippen molar-refractivity contribution < 1.29 is 0 Å². The summed E-state index contributed by atoms with van der Waals surface area (Å²) < 4.78 is 0. The molecule has 1 rings (SSSR count). The summed E-state index contributed by atoms with van der Waals surface area (Å²) >= 11 is 0. The summed E-state index contributed by atoms with van der Waals surface area (Å²) in [5.74, 6) is 0.529. The molecule has 3 N–H and O–H groups in total. The standard InChI is InChI=1S/C9H19N3/c1-6(2)7-8(9(3,4)5)11-12-10-7/h6,10-12H,1-5H3. The van der Waals surface area contributed by atoms with Gasteiger partial charge in [0.05, 0.1) is 11.4 Å². The molecule has 0 atom stereocenters. The molecule has 0 amide bonds. The molecule has 1 heterocycles. The van der Waals surface area contributed by atoms with Gasteiger partial charge in [-0.3, -0.25) is 0 Å². The minimum atomic E-state index is 0.177. The molecule has 0 aromatic heterocycles. The predicted molar refractivity (Wildman–Crippen MR) is 50.7 cm³/mol. The van der Waals surface area contributed by atoms with Crippen LogP contribution in [0.3, 0.4) is 0 Å². The first kappa shape index (κ1) is 9.39. The lowest BCUT2D eigenvalue weighted by atomic mass is 9.89. The Morgan fingerprint density at radius 1 is 1.08 bits per heavy atom. The van der Waals surface area contributed by atoms with E-state index in [0.717, 1.165) is 0 Å². The van der Waals surface area contributed by atoms with Crippen molar-refractivity contribution in [2.45, 2.75) is 34.6 Å². The maximum atomic E-state index is 3.15. The van der Waals surface area contributed by atoms with Crippen molar-refractivity contribution in [3.8, 4) is 0 Å². The Morgan fingerprint density at radius 2 is 1.67 bits per heavy atom. The van der Waals surface area contributed by atoms with E-state index in [4.69, 9.17) is 0 Å². The molecule has 0 fully saturated rings. The normalized spacial score (nSPS) is 18.2. The summed E-state index contributed by atoms with van der Waals surface area (Å²) in [6.45, 7) is 11.0. The van der Waals surface area contributed by atoms with E-state index in [1.54, 1.807) is 0 Å². The average molecular weight is 169 g/mol. The van der Waals surface area contributed by atoms with E-state index in [1.165, 1.54) is 11.4 Å². The molecular formula is C9H19N3. The van der Waals surface area contributed by atoms with Gasteiger partial charge in [-0.15, -0.1) is 0 Å². The molecule has 1 aliphatic heterocycles. The second kappa shape index (κ2) is 2.98. The molecule has 1 aliphatic rings. The zero-order valence-corrected chi connectivity index (χ0v) is 8.58. The second-order valence-corrected chi connectivity index (χ2v) is 4.57. The van der Waals surface area contributed by atoms with Gasteiger partial charge in [0.25, 0.3) is 0 Å². The second-order valence-electron chi connectivity index (χ2n) is 4.57. The van der Waals surface area contributed by atoms with Crippen molar-refractivity contribution in [3.05, 3.63) is 11.4 Å². The molecule has 0 spiro atoms. The molecule has 0 saturated carbocycles. The highest BCUT2D eigenvalue weighted by molar-refractivity contribution is 5.20. The van der Waals surface area contributed by atoms with Crippen molar-refractivity contribution in [1.29, 1.82) is 0 Å². The maximum absolute atomic E-state index is 3.15. The fourth-order valence-corrected chi connectivity index (χ4v) is 1.32. The lowest BCUT2D eigenvalue weighted by Crippen LogP contribution is -2.35. The predicted octanol–water partition coefficient (Wildman–Crippen LogP) is 1.51. The first-order chi connectivity index (χ1) is 5.43. The molecular weight excluding hydrogens is 150 g/mol. The molecule has 0 saturated heterocycles. The van der Waals surface area contributed by atoms with Crippen LogP contribution >= 0.6 is 0 Å². The van der Waals surface area contributed by atoms with Crippen LogP contribution in [0.4, 0.5) is 0 Å². The van der Waals surface area contributed by atoms with Crippen LogP contribution in [0.15, 0.2) is 11.4 Å². The maximum Gasteiger partial charge on any atom is 0.0539 e. The molecule has 3 nitrogen and oxygen atoms in total. The van der Waals surface area contributed by atoms with E-state index in [9.17, 15) is 0 Å². The summed E-state index contributed by atoms with van der Waals surface area (Å²) in [7, 11) is 0. The highest BCUT2D eigenvalue weighted by atomic mass is 15.6. The van der Waals surface area contributed by atoms with Crippen molar-refractivity contribution in [3.63, 3.8) is 0 Å². The third-order valence-corrected chi connectivity index (χ3v) is 1.98. The van der Waals surface area contributed by atoms with Crippen molar-refractivity contribution in [1.82, 2.24) is 16.4 Å². The summed E-state index contributed by atoms with van der Waals surface area (Å²) in [4.78, 5) is 0. The third-order valence-electron chi connectivity index (χ3n) is 1.98. The Balaban J connectivity index is 2.92. The van der Waals surface area contributed by atoms with Gasteiger partial charge in [-0.2, -0.15) is 5.53 Å². The van der Waals surface area contributed by atoms with E-state index in [1.807, 2.05) is 0 Å². The van der Waals surface area contributed by atoms with Crippen LogP contribution in [0.5, 0.6) is 0 Å². The van der Waals surface area contributed by atoms with Crippen LogP contribution in [0.25, 0.3) is 0 Å². The van der Waals surface area contributed by atoms with Crippen molar-refractivity contribution >= 4 is 0 Å². The van der Waals surface area contributed by atoms with Crippen LogP contribution < -0.4 is 16.4 Å². The number of hydrogen-bond acceptors (Lipinski definition) is 3. The first-order valence-electron chi connectivity index (χ1n) is 4.44. The van der Waals surface area contributed by atoms with Gasteiger partial charge in [0, 0.05) is 5.41 Å². The van der Waals surface area contributed by atoms with Crippen molar-refractivity contribution in [2.75, 3.05) is 0 Å². The number of hydrogen-bond donors (Lipinski definition) is 3. The van der Waals surface area contributed by atoms with E-state index in [-0.39, 0.29) is 5.41 Å². The zero-order valence-electron chi connectivity index (χ0n) is 8.58. The fraction of sp³-hybridized carbons (Fsp3) is 0.778. The van der Waals surface area contributed by atoms with E-state index >= 15 is 0 Å². The number of hydrazine groups is 2. The highest BCUT2D eigenvalue weighted by Crippen LogP contribution is 2.28. The van der Waals surface area contributed by atoms with Gasteiger partial charge in [-0.25, -0.2) is 0 Å². The monoisotopic (exact) mass is 169 g/mol. The number of allylic oxidation sites excluding steroid dienone is 2. The Labute approximate surface area is 74.6 Å². The van der Waals surface area contributed by atoms with Crippen molar-refractivity contribution in [2.24, 2.45) is 11.3 Å². The van der Waals surface area contributed by atoms with Crippen LogP contribution in [0.2, 0.25) is 0 Å². The number of nitrogens with one attached hydrogen (secondary N) is 3. The van der Waals surface area contributed by atoms with E-state index < -0.39 is 0 Å². The summed E-state index contributed by atoms with van der Waals surface area (Å²) in [5, 5.41) is 0. The Morgan fingerprint density at radius 3 is 2.00 bits per heavy atom. The molecule has 0 aliphatic carbocycles. The SMILES string of the molecule is CC(C)C1=C(C(C)(C)C)NNN1. The molecule has 0 radical (unpaired) electrons. The number of rotatable bonds is 1. The van der Waals surface area contributed by atoms with Crippen LogP contribution in [-0.4, -0.2) is 0 Å². The average Bonchev–Trinajstić information content (AvgIpc) is 2.30. The largest absolute Gasteiger partial charge is 0.306 e. The molecule has 0 unspecified atom stereocenters. The lowest BCUT2D eigenvalue weighted by molar-refractivity contribution is 0.446.